The molecule has 0 bridgehead atoms. The lowest BCUT2D eigenvalue weighted by Crippen LogP contribution is -2.62. The monoisotopic (exact) mass is 614 g/mol. The Hall–Kier alpha value is -3.90. The van der Waals surface area contributed by atoms with Gasteiger partial charge in [-0.2, -0.15) is 0 Å². The van der Waals surface area contributed by atoms with E-state index in [0.717, 1.165) is 0 Å². The number of hydrogen-bond donors (Lipinski definition) is 2. The van der Waals surface area contributed by atoms with E-state index in [-0.39, 0.29) is 16.7 Å². The van der Waals surface area contributed by atoms with Gasteiger partial charge in [0.1, 0.15) is 18.8 Å². The summed E-state index contributed by atoms with van der Waals surface area (Å²) < 4.78 is 45.9. The highest BCUT2D eigenvalue weighted by molar-refractivity contribution is 7.51. The number of carbonyl (C=O) groups is 3. The summed E-state index contributed by atoms with van der Waals surface area (Å²) in [4.78, 5) is 57.8. The number of rotatable bonds is 12. The summed E-state index contributed by atoms with van der Waals surface area (Å²) in [5.41, 5.74) is 0.648. The van der Waals surface area contributed by atoms with Crippen LogP contribution in [-0.4, -0.2) is 84.9 Å². The maximum atomic E-state index is 13.2. The molecule has 13 heteroatoms. The van der Waals surface area contributed by atoms with Crippen LogP contribution >= 0.6 is 7.60 Å². The van der Waals surface area contributed by atoms with Crippen molar-refractivity contribution in [3.63, 3.8) is 0 Å². The first-order valence-corrected chi connectivity index (χ1v) is 15.0. The normalized spacial score (nSPS) is 21.9. The summed E-state index contributed by atoms with van der Waals surface area (Å²) in [6.07, 6.45) is -7.28. The van der Waals surface area contributed by atoms with Gasteiger partial charge in [-0.3, -0.25) is 4.57 Å². The Morgan fingerprint density at radius 2 is 1.19 bits per heavy atom. The van der Waals surface area contributed by atoms with Gasteiger partial charge in [-0.1, -0.05) is 54.6 Å². The first-order valence-electron chi connectivity index (χ1n) is 13.2. The van der Waals surface area contributed by atoms with Gasteiger partial charge >= 0.3 is 25.5 Å². The van der Waals surface area contributed by atoms with Crippen molar-refractivity contribution in [3.05, 3.63) is 108 Å². The third kappa shape index (κ3) is 9.04. The molecule has 0 spiro atoms. The summed E-state index contributed by atoms with van der Waals surface area (Å²) in [7, 11) is -3.21. The smallest absolute Gasteiger partial charge is 0.338 e. The predicted octanol–water partition coefficient (Wildman–Crippen LogP) is 3.23. The minimum atomic E-state index is -4.49. The van der Waals surface area contributed by atoms with Crippen molar-refractivity contribution in [1.29, 1.82) is 0 Å². The molecule has 0 aromatic heterocycles. The van der Waals surface area contributed by atoms with E-state index in [1.165, 1.54) is 31.4 Å². The number of esters is 3. The molecule has 1 aliphatic rings. The Morgan fingerprint density at radius 3 is 1.65 bits per heavy atom. The summed E-state index contributed by atoms with van der Waals surface area (Å²) in [6.45, 7) is -0.932. The van der Waals surface area contributed by atoms with Crippen LogP contribution in [0.4, 0.5) is 0 Å². The van der Waals surface area contributed by atoms with Crippen molar-refractivity contribution in [1.82, 2.24) is 0 Å². The van der Waals surface area contributed by atoms with Crippen molar-refractivity contribution < 1.29 is 57.2 Å². The van der Waals surface area contributed by atoms with Gasteiger partial charge in [-0.15, -0.1) is 0 Å². The lowest BCUT2D eigenvalue weighted by atomic mass is 9.98. The summed E-state index contributed by atoms with van der Waals surface area (Å²) in [6, 6.07) is 24.2. The predicted molar refractivity (Wildman–Crippen MR) is 150 cm³/mol. The Bertz CT molecular complexity index is 1400. The standard InChI is InChI=1S/C30H31O12P/c1-37-30-26(42-29(33)22-15-9-4-10-16-22)25(38-17-18-43(34,35)36)24(41-28(32)21-13-7-3-8-14-21)23(40-30)19-39-27(31)20-11-5-2-6-12-20/h2-16,23-26,30H,17-19H2,1H3,(H2,34,35,36)/t23-,24+,25+,26-,30+/m1/s1. The Kier molecular flexibility index (Phi) is 11.2. The molecule has 1 heterocycles. The maximum Gasteiger partial charge on any atom is 0.338 e. The van der Waals surface area contributed by atoms with Crippen LogP contribution in [-0.2, 0) is 33.0 Å². The zero-order valence-electron chi connectivity index (χ0n) is 23.1. The zero-order valence-corrected chi connectivity index (χ0v) is 24.0. The molecule has 0 saturated carbocycles. The second-order valence-corrected chi connectivity index (χ2v) is 11.2. The molecule has 43 heavy (non-hydrogen) atoms. The molecule has 0 amide bonds. The third-order valence-electron chi connectivity index (χ3n) is 6.41. The molecule has 0 radical (unpaired) electrons. The fourth-order valence-electron chi connectivity index (χ4n) is 4.31. The average Bonchev–Trinajstić information content (AvgIpc) is 3.02. The molecule has 1 aliphatic heterocycles. The maximum absolute atomic E-state index is 13.2. The summed E-state index contributed by atoms with van der Waals surface area (Å²) in [5.74, 6) is -2.24. The number of ether oxygens (including phenoxy) is 6. The van der Waals surface area contributed by atoms with Crippen molar-refractivity contribution >= 4 is 25.5 Å². The van der Waals surface area contributed by atoms with E-state index in [0.29, 0.717) is 0 Å². The quantitative estimate of drug-likeness (QED) is 0.174. The molecule has 12 nitrogen and oxygen atoms in total. The SMILES string of the molecule is CO[C@H]1O[C@H](COC(=O)c2ccccc2)[C@H](OC(=O)c2ccccc2)[C@H](OCCP(=O)(O)O)[C@H]1OC(=O)c1ccccc1. The molecule has 1 fully saturated rings. The van der Waals surface area contributed by atoms with Crippen LogP contribution in [0.3, 0.4) is 0 Å². The van der Waals surface area contributed by atoms with E-state index in [1.807, 2.05) is 0 Å². The molecule has 0 unspecified atom stereocenters. The second kappa shape index (κ2) is 15.0. The molecule has 3 aromatic carbocycles. The van der Waals surface area contributed by atoms with Gasteiger partial charge in [0.25, 0.3) is 0 Å². The van der Waals surface area contributed by atoms with Gasteiger partial charge in [-0.25, -0.2) is 14.4 Å². The van der Waals surface area contributed by atoms with Crippen LogP contribution in [0.5, 0.6) is 0 Å². The van der Waals surface area contributed by atoms with E-state index in [2.05, 4.69) is 0 Å². The molecule has 5 atom stereocenters. The van der Waals surface area contributed by atoms with Crippen LogP contribution in [0, 0.1) is 0 Å². The Labute approximate surface area is 247 Å². The highest BCUT2D eigenvalue weighted by Gasteiger charge is 2.52. The first kappa shape index (κ1) is 32.0. The van der Waals surface area contributed by atoms with E-state index >= 15 is 0 Å². The van der Waals surface area contributed by atoms with Crippen molar-refractivity contribution in [3.8, 4) is 0 Å². The third-order valence-corrected chi connectivity index (χ3v) is 7.17. The van der Waals surface area contributed by atoms with Gasteiger partial charge in [0.15, 0.2) is 18.5 Å². The van der Waals surface area contributed by atoms with Gasteiger partial charge < -0.3 is 38.2 Å². The first-order chi connectivity index (χ1) is 20.7. The Morgan fingerprint density at radius 1 is 0.721 bits per heavy atom. The topological polar surface area (TPSA) is 164 Å². The Balaban J connectivity index is 1.66. The van der Waals surface area contributed by atoms with Gasteiger partial charge in [-0.05, 0) is 36.4 Å². The highest BCUT2D eigenvalue weighted by atomic mass is 31.2. The number of benzene rings is 3. The van der Waals surface area contributed by atoms with Crippen LogP contribution in [0.1, 0.15) is 31.1 Å². The minimum Gasteiger partial charge on any atom is -0.459 e. The number of carbonyl (C=O) groups excluding carboxylic acids is 3. The van der Waals surface area contributed by atoms with Gasteiger partial charge in [0.2, 0.25) is 0 Å². The van der Waals surface area contributed by atoms with Gasteiger partial charge in [0.05, 0.1) is 29.5 Å². The largest absolute Gasteiger partial charge is 0.459 e. The zero-order chi connectivity index (χ0) is 30.8. The van der Waals surface area contributed by atoms with Gasteiger partial charge in [0, 0.05) is 7.11 Å². The van der Waals surface area contributed by atoms with E-state index < -0.39 is 75.6 Å². The number of methoxy groups -OCH3 is 1. The van der Waals surface area contributed by atoms with Crippen molar-refractivity contribution in [2.24, 2.45) is 0 Å². The van der Waals surface area contributed by atoms with Crippen molar-refractivity contribution in [2.75, 3.05) is 26.5 Å². The average molecular weight is 615 g/mol. The van der Waals surface area contributed by atoms with Crippen molar-refractivity contribution in [2.45, 2.75) is 30.7 Å². The van der Waals surface area contributed by atoms with Crippen LogP contribution < -0.4 is 0 Å². The molecule has 0 aliphatic carbocycles. The van der Waals surface area contributed by atoms with E-state index in [9.17, 15) is 28.7 Å². The molecule has 1 saturated heterocycles. The fraction of sp³-hybridized carbons (Fsp3) is 0.300. The summed E-state index contributed by atoms with van der Waals surface area (Å²) in [5, 5.41) is 0. The van der Waals surface area contributed by atoms with Crippen LogP contribution in [0.15, 0.2) is 91.0 Å². The molecule has 228 valence electrons. The molecular weight excluding hydrogens is 583 g/mol. The van der Waals surface area contributed by atoms with Crippen LogP contribution in [0.2, 0.25) is 0 Å². The highest BCUT2D eigenvalue weighted by Crippen LogP contribution is 2.35. The lowest BCUT2D eigenvalue weighted by Gasteiger charge is -2.44. The second-order valence-electron chi connectivity index (χ2n) is 9.44. The van der Waals surface area contributed by atoms with E-state index in [1.54, 1.807) is 66.7 Å². The van der Waals surface area contributed by atoms with Crippen LogP contribution in [0.25, 0.3) is 0 Å². The number of hydrogen-bond acceptors (Lipinski definition) is 10. The minimum absolute atomic E-state index is 0.184. The van der Waals surface area contributed by atoms with E-state index in [4.69, 9.17) is 28.4 Å². The fourth-order valence-corrected chi connectivity index (χ4v) is 4.66. The molecule has 3 aromatic rings. The summed E-state index contributed by atoms with van der Waals surface area (Å²) >= 11 is 0. The molecular formula is C30H31O12P. The lowest BCUT2D eigenvalue weighted by molar-refractivity contribution is -0.299. The molecule has 4 rings (SSSR count). The molecule has 2 N–H and O–H groups in total.